The Hall–Kier alpha value is -0.830. The minimum atomic E-state index is 0.682. The first-order chi connectivity index (χ1) is 6.27. The third kappa shape index (κ3) is 1.75. The van der Waals surface area contributed by atoms with E-state index in [2.05, 4.69) is 35.0 Å². The molecule has 1 fully saturated rings. The van der Waals surface area contributed by atoms with Crippen LogP contribution in [0, 0.1) is 6.92 Å². The largest absolute Gasteiger partial charge is 0.338 e. The number of aromatic nitrogens is 2. The summed E-state index contributed by atoms with van der Waals surface area (Å²) in [6.45, 7) is 4.34. The lowest BCUT2D eigenvalue weighted by Gasteiger charge is -2.20. The van der Waals surface area contributed by atoms with Crippen LogP contribution in [0.15, 0.2) is 6.20 Å². The van der Waals surface area contributed by atoms with Gasteiger partial charge in [-0.25, -0.2) is 4.98 Å². The van der Waals surface area contributed by atoms with Crippen molar-refractivity contribution in [2.75, 3.05) is 13.1 Å². The molecule has 0 unspecified atom stereocenters. The average Bonchev–Trinajstić information content (AvgIpc) is 2.49. The lowest BCUT2D eigenvalue weighted by molar-refractivity contribution is 0.454. The maximum absolute atomic E-state index is 4.57. The Morgan fingerprint density at radius 3 is 2.69 bits per heavy atom. The highest BCUT2D eigenvalue weighted by atomic mass is 15.0. The molecule has 2 heterocycles. The Bertz CT molecular complexity index is 265. The second-order valence-electron chi connectivity index (χ2n) is 3.85. The van der Waals surface area contributed by atoms with Crippen LogP contribution in [-0.4, -0.2) is 22.6 Å². The molecule has 1 aromatic rings. The number of nitrogens with one attached hydrogen (secondary N) is 1. The van der Waals surface area contributed by atoms with Gasteiger partial charge in [0.25, 0.3) is 0 Å². The summed E-state index contributed by atoms with van der Waals surface area (Å²) in [6.07, 6.45) is 4.64. The average molecular weight is 179 g/mol. The molecule has 72 valence electrons. The van der Waals surface area contributed by atoms with Gasteiger partial charge in [-0.15, -0.1) is 0 Å². The molecule has 0 aromatic carbocycles. The van der Waals surface area contributed by atoms with Gasteiger partial charge in [-0.3, -0.25) is 0 Å². The second kappa shape index (κ2) is 3.50. The van der Waals surface area contributed by atoms with Crippen LogP contribution in [-0.2, 0) is 7.05 Å². The molecule has 1 aliphatic rings. The predicted octanol–water partition coefficient (Wildman–Crippen LogP) is 1.20. The molecule has 0 atom stereocenters. The van der Waals surface area contributed by atoms with Gasteiger partial charge in [-0.1, -0.05) is 0 Å². The summed E-state index contributed by atoms with van der Waals surface area (Å²) in [5, 5.41) is 3.37. The molecule has 0 saturated carbocycles. The van der Waals surface area contributed by atoms with Crippen molar-refractivity contribution in [3.05, 3.63) is 17.7 Å². The van der Waals surface area contributed by atoms with Crippen molar-refractivity contribution in [3.63, 3.8) is 0 Å². The van der Waals surface area contributed by atoms with Crippen LogP contribution in [0.4, 0.5) is 0 Å². The van der Waals surface area contributed by atoms with Crippen LogP contribution in [0.25, 0.3) is 0 Å². The van der Waals surface area contributed by atoms with Gasteiger partial charge in [-0.05, 0) is 32.9 Å². The van der Waals surface area contributed by atoms with E-state index in [1.165, 1.54) is 18.5 Å². The van der Waals surface area contributed by atoms with E-state index in [1.807, 2.05) is 0 Å². The van der Waals surface area contributed by atoms with Crippen LogP contribution in [0.5, 0.6) is 0 Å². The Morgan fingerprint density at radius 1 is 1.46 bits per heavy atom. The summed E-state index contributed by atoms with van der Waals surface area (Å²) in [7, 11) is 2.06. The van der Waals surface area contributed by atoms with Crippen molar-refractivity contribution < 1.29 is 0 Å². The Morgan fingerprint density at radius 2 is 2.15 bits per heavy atom. The molecule has 1 N–H and O–H groups in total. The first-order valence-corrected chi connectivity index (χ1v) is 4.98. The summed E-state index contributed by atoms with van der Waals surface area (Å²) in [4.78, 5) is 4.57. The number of imidazole rings is 1. The van der Waals surface area contributed by atoms with Crippen molar-refractivity contribution >= 4 is 0 Å². The first kappa shape index (κ1) is 8.75. The highest BCUT2D eigenvalue weighted by Gasteiger charge is 2.17. The van der Waals surface area contributed by atoms with Crippen LogP contribution in [0.2, 0.25) is 0 Å². The number of rotatable bonds is 1. The lowest BCUT2D eigenvalue weighted by Crippen LogP contribution is -2.26. The smallest absolute Gasteiger partial charge is 0.105 e. The van der Waals surface area contributed by atoms with Gasteiger partial charge in [-0.2, -0.15) is 0 Å². The Kier molecular flexibility index (Phi) is 2.36. The number of piperidine rings is 1. The highest BCUT2D eigenvalue weighted by Crippen LogP contribution is 2.23. The fraction of sp³-hybridized carbons (Fsp3) is 0.700. The molecule has 1 aliphatic heterocycles. The van der Waals surface area contributed by atoms with Crippen molar-refractivity contribution in [2.24, 2.45) is 7.05 Å². The number of aryl methyl sites for hydroxylation is 2. The van der Waals surface area contributed by atoms with E-state index < -0.39 is 0 Å². The van der Waals surface area contributed by atoms with E-state index >= 15 is 0 Å². The van der Waals surface area contributed by atoms with E-state index in [1.54, 1.807) is 0 Å². The van der Waals surface area contributed by atoms with Gasteiger partial charge in [0, 0.05) is 19.2 Å². The molecule has 0 bridgehead atoms. The predicted molar refractivity (Wildman–Crippen MR) is 52.8 cm³/mol. The molecular weight excluding hydrogens is 162 g/mol. The van der Waals surface area contributed by atoms with Gasteiger partial charge >= 0.3 is 0 Å². The summed E-state index contributed by atoms with van der Waals surface area (Å²) < 4.78 is 2.11. The zero-order valence-corrected chi connectivity index (χ0v) is 8.38. The minimum Gasteiger partial charge on any atom is -0.338 e. The molecule has 3 heteroatoms. The van der Waals surface area contributed by atoms with E-state index in [0.29, 0.717) is 5.92 Å². The van der Waals surface area contributed by atoms with E-state index in [9.17, 15) is 0 Å². The second-order valence-corrected chi connectivity index (χ2v) is 3.85. The molecule has 0 aliphatic carbocycles. The molecule has 2 rings (SSSR count). The van der Waals surface area contributed by atoms with Gasteiger partial charge in [0.2, 0.25) is 0 Å². The monoisotopic (exact) mass is 179 g/mol. The standard InChI is InChI=1S/C10H17N3/c1-8-12-10(7-13(8)2)9-3-5-11-6-4-9/h7,9,11H,3-6H2,1-2H3. The molecule has 13 heavy (non-hydrogen) atoms. The van der Waals surface area contributed by atoms with E-state index in [0.717, 1.165) is 18.9 Å². The van der Waals surface area contributed by atoms with Crippen molar-refractivity contribution in [2.45, 2.75) is 25.7 Å². The SMILES string of the molecule is Cc1nc(C2CCNCC2)cn1C. The summed E-state index contributed by atoms with van der Waals surface area (Å²) in [5.74, 6) is 1.80. The Balaban J connectivity index is 2.14. The van der Waals surface area contributed by atoms with E-state index in [4.69, 9.17) is 0 Å². The van der Waals surface area contributed by atoms with Crippen molar-refractivity contribution in [3.8, 4) is 0 Å². The zero-order valence-electron chi connectivity index (χ0n) is 8.38. The number of hydrogen-bond acceptors (Lipinski definition) is 2. The van der Waals surface area contributed by atoms with Crippen LogP contribution in [0.3, 0.4) is 0 Å². The van der Waals surface area contributed by atoms with Gasteiger partial charge in [0.05, 0.1) is 5.69 Å². The maximum Gasteiger partial charge on any atom is 0.105 e. The lowest BCUT2D eigenvalue weighted by atomic mass is 9.95. The summed E-state index contributed by atoms with van der Waals surface area (Å²) in [6, 6.07) is 0. The highest BCUT2D eigenvalue weighted by molar-refractivity contribution is 5.09. The maximum atomic E-state index is 4.57. The normalized spacial score (nSPS) is 19.2. The minimum absolute atomic E-state index is 0.682. The third-order valence-electron chi connectivity index (χ3n) is 2.88. The van der Waals surface area contributed by atoms with Crippen LogP contribution >= 0.6 is 0 Å². The van der Waals surface area contributed by atoms with Gasteiger partial charge in [0.15, 0.2) is 0 Å². The van der Waals surface area contributed by atoms with E-state index in [-0.39, 0.29) is 0 Å². The molecule has 0 amide bonds. The first-order valence-electron chi connectivity index (χ1n) is 4.98. The topological polar surface area (TPSA) is 29.9 Å². The van der Waals surface area contributed by atoms with Crippen molar-refractivity contribution in [1.82, 2.24) is 14.9 Å². The molecule has 1 aromatic heterocycles. The third-order valence-corrected chi connectivity index (χ3v) is 2.88. The number of hydrogen-bond donors (Lipinski definition) is 1. The van der Waals surface area contributed by atoms with Crippen LogP contribution in [0.1, 0.15) is 30.3 Å². The van der Waals surface area contributed by atoms with Crippen LogP contribution < -0.4 is 5.32 Å². The molecule has 1 saturated heterocycles. The van der Waals surface area contributed by atoms with Crippen molar-refractivity contribution in [1.29, 1.82) is 0 Å². The molecule has 0 spiro atoms. The molecular formula is C10H17N3. The van der Waals surface area contributed by atoms with Gasteiger partial charge < -0.3 is 9.88 Å². The Labute approximate surface area is 79.2 Å². The quantitative estimate of drug-likeness (QED) is 0.702. The summed E-state index contributed by atoms with van der Waals surface area (Å²) in [5.41, 5.74) is 1.28. The van der Waals surface area contributed by atoms with Gasteiger partial charge in [0.1, 0.15) is 5.82 Å². The zero-order chi connectivity index (χ0) is 9.26. The fourth-order valence-corrected chi connectivity index (χ4v) is 1.90. The molecule has 0 radical (unpaired) electrons. The number of nitrogens with zero attached hydrogens (tertiary/aromatic N) is 2. The molecule has 3 nitrogen and oxygen atoms in total. The summed E-state index contributed by atoms with van der Waals surface area (Å²) >= 11 is 0. The fourth-order valence-electron chi connectivity index (χ4n) is 1.90.